The van der Waals surface area contributed by atoms with E-state index in [2.05, 4.69) is 5.32 Å². The minimum atomic E-state index is -3.79. The summed E-state index contributed by atoms with van der Waals surface area (Å²) in [6.45, 7) is 4.86. The highest BCUT2D eigenvalue weighted by molar-refractivity contribution is 8.13. The number of nitrogens with one attached hydrogen (secondary N) is 1. The van der Waals surface area contributed by atoms with Crippen LogP contribution in [0.2, 0.25) is 0 Å². The van der Waals surface area contributed by atoms with E-state index in [-0.39, 0.29) is 10.8 Å². The molecule has 0 saturated heterocycles. The van der Waals surface area contributed by atoms with Gasteiger partial charge in [-0.25, -0.2) is 8.42 Å². The molecule has 7 heteroatoms. The molecule has 0 aliphatic carbocycles. The van der Waals surface area contributed by atoms with Crippen molar-refractivity contribution < 1.29 is 17.9 Å². The van der Waals surface area contributed by atoms with E-state index in [4.69, 9.17) is 15.4 Å². The second-order valence-corrected chi connectivity index (χ2v) is 6.70. The molecule has 0 saturated carbocycles. The van der Waals surface area contributed by atoms with Gasteiger partial charge in [-0.2, -0.15) is 0 Å². The Morgan fingerprint density at radius 2 is 1.79 bits per heavy atom. The molecule has 5 nitrogen and oxygen atoms in total. The molecule has 1 amide bonds. The van der Waals surface area contributed by atoms with E-state index in [1.807, 2.05) is 0 Å². The topological polar surface area (TPSA) is 72.5 Å². The first-order valence-corrected chi connectivity index (χ1v) is 7.92. The Labute approximate surface area is 117 Å². The number of carbonyl (C=O) groups is 1. The molecular formula is C12H16ClNO4S. The van der Waals surface area contributed by atoms with Gasteiger partial charge in [0.25, 0.3) is 15.0 Å². The number of hydrogen-bond acceptors (Lipinski definition) is 4. The molecule has 1 atom stereocenters. The van der Waals surface area contributed by atoms with Crippen LogP contribution in [-0.2, 0) is 13.8 Å². The van der Waals surface area contributed by atoms with Crippen molar-refractivity contribution in [2.45, 2.75) is 31.8 Å². The van der Waals surface area contributed by atoms with Crippen molar-refractivity contribution in [2.75, 3.05) is 7.05 Å². The SMILES string of the molecule is CNC(=O)C(C)Oc1cc(C)c(S(=O)(=O)Cl)c(C)c1. The number of likely N-dealkylation sites (N-methyl/N-ethyl adjacent to an activating group) is 1. The Bertz CT molecular complexity index is 575. The van der Waals surface area contributed by atoms with E-state index in [1.165, 1.54) is 7.05 Å². The lowest BCUT2D eigenvalue weighted by Crippen LogP contribution is -2.33. The van der Waals surface area contributed by atoms with Crippen molar-refractivity contribution in [3.63, 3.8) is 0 Å². The van der Waals surface area contributed by atoms with Crippen molar-refractivity contribution in [1.82, 2.24) is 5.32 Å². The van der Waals surface area contributed by atoms with Crippen molar-refractivity contribution in [3.05, 3.63) is 23.3 Å². The van der Waals surface area contributed by atoms with Crippen LogP contribution in [0, 0.1) is 13.8 Å². The van der Waals surface area contributed by atoms with Gasteiger partial charge in [-0.15, -0.1) is 0 Å². The van der Waals surface area contributed by atoms with Gasteiger partial charge in [0.2, 0.25) is 0 Å². The zero-order valence-electron chi connectivity index (χ0n) is 11.2. The Balaban J connectivity index is 3.12. The summed E-state index contributed by atoms with van der Waals surface area (Å²) in [5.41, 5.74) is 0.961. The number of amides is 1. The third kappa shape index (κ3) is 3.84. The molecular weight excluding hydrogens is 290 g/mol. The zero-order chi connectivity index (χ0) is 14.8. The van der Waals surface area contributed by atoms with Gasteiger partial charge in [0, 0.05) is 17.7 Å². The number of hydrogen-bond donors (Lipinski definition) is 1. The number of carbonyl (C=O) groups excluding carboxylic acids is 1. The van der Waals surface area contributed by atoms with Crippen LogP contribution in [0.3, 0.4) is 0 Å². The van der Waals surface area contributed by atoms with Gasteiger partial charge in [0.05, 0.1) is 4.90 Å². The summed E-state index contributed by atoms with van der Waals surface area (Å²) in [7, 11) is 3.09. The molecule has 0 aromatic heterocycles. The van der Waals surface area contributed by atoms with Crippen molar-refractivity contribution in [3.8, 4) is 5.75 Å². The summed E-state index contributed by atoms with van der Waals surface area (Å²) >= 11 is 0. The fraction of sp³-hybridized carbons (Fsp3) is 0.417. The van der Waals surface area contributed by atoms with Gasteiger partial charge in [0.1, 0.15) is 5.75 Å². The lowest BCUT2D eigenvalue weighted by atomic mass is 10.1. The molecule has 1 aromatic carbocycles. The monoisotopic (exact) mass is 305 g/mol. The molecule has 0 heterocycles. The minimum Gasteiger partial charge on any atom is -0.481 e. The molecule has 0 spiro atoms. The third-order valence-electron chi connectivity index (χ3n) is 2.61. The Kier molecular flexibility index (Phi) is 4.81. The quantitative estimate of drug-likeness (QED) is 0.860. The summed E-state index contributed by atoms with van der Waals surface area (Å²) in [5.74, 6) is 0.166. The first kappa shape index (κ1) is 15.8. The summed E-state index contributed by atoms with van der Waals surface area (Å²) in [6, 6.07) is 3.09. The Morgan fingerprint density at radius 3 is 2.16 bits per heavy atom. The largest absolute Gasteiger partial charge is 0.481 e. The van der Waals surface area contributed by atoms with Crippen LogP contribution < -0.4 is 10.1 Å². The van der Waals surface area contributed by atoms with Gasteiger partial charge >= 0.3 is 0 Å². The van der Waals surface area contributed by atoms with E-state index >= 15 is 0 Å². The number of aryl methyl sites for hydroxylation is 2. The molecule has 1 unspecified atom stereocenters. The average Bonchev–Trinajstić information content (AvgIpc) is 2.24. The summed E-state index contributed by atoms with van der Waals surface area (Å²) in [5, 5.41) is 2.47. The second kappa shape index (κ2) is 5.79. The molecule has 0 fully saturated rings. The van der Waals surface area contributed by atoms with E-state index in [0.717, 1.165) is 0 Å². The van der Waals surface area contributed by atoms with Crippen LogP contribution in [0.1, 0.15) is 18.1 Å². The highest BCUT2D eigenvalue weighted by Crippen LogP contribution is 2.28. The maximum Gasteiger partial charge on any atom is 0.261 e. The number of ether oxygens (including phenoxy) is 1. The summed E-state index contributed by atoms with van der Waals surface area (Å²) in [4.78, 5) is 11.4. The highest BCUT2D eigenvalue weighted by atomic mass is 35.7. The summed E-state index contributed by atoms with van der Waals surface area (Å²) < 4.78 is 28.3. The van der Waals surface area contributed by atoms with E-state index in [9.17, 15) is 13.2 Å². The molecule has 0 bridgehead atoms. The van der Waals surface area contributed by atoms with Crippen LogP contribution in [0.25, 0.3) is 0 Å². The van der Waals surface area contributed by atoms with E-state index in [0.29, 0.717) is 16.9 Å². The van der Waals surface area contributed by atoms with Crippen LogP contribution in [0.15, 0.2) is 17.0 Å². The van der Waals surface area contributed by atoms with Crippen LogP contribution in [0.5, 0.6) is 5.75 Å². The second-order valence-electron chi connectivity index (χ2n) is 4.20. The lowest BCUT2D eigenvalue weighted by molar-refractivity contribution is -0.126. The Morgan fingerprint density at radius 1 is 1.32 bits per heavy atom. The van der Waals surface area contributed by atoms with Crippen LogP contribution in [0.4, 0.5) is 0 Å². The molecule has 1 aromatic rings. The smallest absolute Gasteiger partial charge is 0.261 e. The molecule has 0 aliphatic rings. The zero-order valence-corrected chi connectivity index (χ0v) is 12.7. The molecule has 0 aliphatic heterocycles. The average molecular weight is 306 g/mol. The maximum absolute atomic E-state index is 11.4. The molecule has 1 rings (SSSR count). The fourth-order valence-electron chi connectivity index (χ4n) is 1.82. The van der Waals surface area contributed by atoms with Crippen molar-refractivity contribution >= 4 is 25.6 Å². The van der Waals surface area contributed by atoms with Gasteiger partial charge in [-0.05, 0) is 44.0 Å². The molecule has 106 valence electrons. The predicted octanol–water partition coefficient (Wildman–Crippen LogP) is 1.74. The summed E-state index contributed by atoms with van der Waals surface area (Å²) in [6.07, 6.45) is -0.665. The number of benzene rings is 1. The molecule has 1 N–H and O–H groups in total. The van der Waals surface area contributed by atoms with Crippen LogP contribution in [-0.4, -0.2) is 27.5 Å². The lowest BCUT2D eigenvalue weighted by Gasteiger charge is -2.15. The van der Waals surface area contributed by atoms with Gasteiger partial charge < -0.3 is 10.1 Å². The Hall–Kier alpha value is -1.27. The van der Waals surface area contributed by atoms with Crippen molar-refractivity contribution in [1.29, 1.82) is 0 Å². The first-order chi connectivity index (χ1) is 8.66. The number of halogens is 1. The van der Waals surface area contributed by atoms with Gasteiger partial charge in [-0.3, -0.25) is 4.79 Å². The molecule has 19 heavy (non-hydrogen) atoms. The standard InChI is InChI=1S/C12H16ClNO4S/c1-7-5-10(18-9(3)12(15)14-4)6-8(2)11(7)19(13,16)17/h5-6,9H,1-4H3,(H,14,15). The third-order valence-corrected chi connectivity index (χ3v) is 4.20. The van der Waals surface area contributed by atoms with E-state index in [1.54, 1.807) is 32.9 Å². The normalized spacial score (nSPS) is 12.9. The minimum absolute atomic E-state index is 0.0779. The van der Waals surface area contributed by atoms with Crippen molar-refractivity contribution in [2.24, 2.45) is 0 Å². The maximum atomic E-state index is 11.4. The fourth-order valence-corrected chi connectivity index (χ4v) is 3.44. The van der Waals surface area contributed by atoms with E-state index < -0.39 is 15.2 Å². The number of rotatable bonds is 4. The van der Waals surface area contributed by atoms with Gasteiger partial charge in [-0.1, -0.05) is 0 Å². The predicted molar refractivity (Wildman–Crippen MR) is 73.1 cm³/mol. The molecule has 0 radical (unpaired) electrons. The van der Waals surface area contributed by atoms with Gasteiger partial charge in [0.15, 0.2) is 6.10 Å². The van der Waals surface area contributed by atoms with Crippen LogP contribution >= 0.6 is 10.7 Å². The highest BCUT2D eigenvalue weighted by Gasteiger charge is 2.19. The first-order valence-electron chi connectivity index (χ1n) is 5.61.